The zero-order chi connectivity index (χ0) is 14.2. The first-order chi connectivity index (χ1) is 9.86. The van der Waals surface area contributed by atoms with Crippen LogP contribution in [-0.2, 0) is 4.74 Å². The molecule has 0 amide bonds. The zero-order valence-corrected chi connectivity index (χ0v) is 12.8. The van der Waals surface area contributed by atoms with E-state index < -0.39 is 0 Å². The van der Waals surface area contributed by atoms with Gasteiger partial charge in [0.05, 0.1) is 6.04 Å². The molecule has 20 heavy (non-hydrogen) atoms. The number of hydrogen-bond acceptors (Lipinski definition) is 2. The summed E-state index contributed by atoms with van der Waals surface area (Å²) < 4.78 is 6.09. The Balaban J connectivity index is 2.24. The fraction of sp³-hybridized carbons (Fsp3) is 0.556. The third-order valence-electron chi connectivity index (χ3n) is 3.93. The molecule has 2 atom stereocenters. The van der Waals surface area contributed by atoms with Gasteiger partial charge in [-0.15, -0.1) is 0 Å². The van der Waals surface area contributed by atoms with Crippen LogP contribution in [0.3, 0.4) is 0 Å². The summed E-state index contributed by atoms with van der Waals surface area (Å²) in [4.78, 5) is 0. The third kappa shape index (κ3) is 3.94. The molecule has 1 N–H and O–H groups in total. The minimum atomic E-state index is 0.116. The standard InChI is InChI=1S/C18H27NO/c1-3-19-17(15-11-7-5-8-12-15)18(20-4-2)16-13-9-6-10-14-16/h6,9-11,13-14,17-19H,3-5,7-8,12H2,1-2H3. The number of hydrogen-bond donors (Lipinski definition) is 1. The topological polar surface area (TPSA) is 21.3 Å². The molecule has 1 aliphatic rings. The van der Waals surface area contributed by atoms with Gasteiger partial charge in [0, 0.05) is 6.61 Å². The Hall–Kier alpha value is -1.12. The highest BCUT2D eigenvalue weighted by molar-refractivity contribution is 5.25. The van der Waals surface area contributed by atoms with Crippen LogP contribution in [0, 0.1) is 0 Å². The van der Waals surface area contributed by atoms with E-state index in [1.165, 1.54) is 36.8 Å². The number of rotatable bonds is 7. The molecule has 0 heterocycles. The first-order valence-electron chi connectivity index (χ1n) is 7.95. The van der Waals surface area contributed by atoms with Crippen LogP contribution >= 0.6 is 0 Å². The largest absolute Gasteiger partial charge is 0.372 e. The number of allylic oxidation sites excluding steroid dienone is 1. The van der Waals surface area contributed by atoms with Crippen molar-refractivity contribution >= 4 is 0 Å². The second-order valence-corrected chi connectivity index (χ2v) is 5.35. The summed E-state index contributed by atoms with van der Waals surface area (Å²) >= 11 is 0. The number of ether oxygens (including phenoxy) is 1. The van der Waals surface area contributed by atoms with E-state index in [4.69, 9.17) is 4.74 Å². The lowest BCUT2D eigenvalue weighted by Crippen LogP contribution is -2.38. The first-order valence-corrected chi connectivity index (χ1v) is 7.95. The predicted octanol–water partition coefficient (Wildman–Crippen LogP) is 4.24. The van der Waals surface area contributed by atoms with Gasteiger partial charge in [-0.25, -0.2) is 0 Å². The van der Waals surface area contributed by atoms with E-state index in [0.29, 0.717) is 6.04 Å². The van der Waals surface area contributed by atoms with Crippen LogP contribution in [0.15, 0.2) is 42.0 Å². The normalized spacial score (nSPS) is 18.4. The van der Waals surface area contributed by atoms with Gasteiger partial charge in [0.2, 0.25) is 0 Å². The summed E-state index contributed by atoms with van der Waals surface area (Å²) in [6, 6.07) is 10.9. The molecule has 0 aromatic heterocycles. The van der Waals surface area contributed by atoms with Crippen molar-refractivity contribution in [1.82, 2.24) is 5.32 Å². The van der Waals surface area contributed by atoms with Crippen LogP contribution in [0.1, 0.15) is 51.2 Å². The molecule has 110 valence electrons. The van der Waals surface area contributed by atoms with Crippen molar-refractivity contribution in [3.05, 3.63) is 47.5 Å². The van der Waals surface area contributed by atoms with Crippen LogP contribution in [0.25, 0.3) is 0 Å². The molecule has 0 fully saturated rings. The van der Waals surface area contributed by atoms with E-state index in [-0.39, 0.29) is 6.10 Å². The summed E-state index contributed by atoms with van der Waals surface area (Å²) in [6.45, 7) is 5.96. The number of nitrogens with one attached hydrogen (secondary N) is 1. The van der Waals surface area contributed by atoms with Gasteiger partial charge >= 0.3 is 0 Å². The third-order valence-corrected chi connectivity index (χ3v) is 3.93. The molecule has 2 nitrogen and oxygen atoms in total. The Morgan fingerprint density at radius 2 is 1.95 bits per heavy atom. The van der Waals surface area contributed by atoms with E-state index >= 15 is 0 Å². The van der Waals surface area contributed by atoms with Crippen LogP contribution in [0.5, 0.6) is 0 Å². The van der Waals surface area contributed by atoms with E-state index in [0.717, 1.165) is 13.2 Å². The molecular formula is C18H27NO. The molecule has 2 heteroatoms. The van der Waals surface area contributed by atoms with Crippen molar-refractivity contribution in [3.63, 3.8) is 0 Å². The van der Waals surface area contributed by atoms with Crippen molar-refractivity contribution in [1.29, 1.82) is 0 Å². The smallest absolute Gasteiger partial charge is 0.102 e. The molecule has 1 aromatic rings. The van der Waals surface area contributed by atoms with Gasteiger partial charge in [-0.05, 0) is 44.7 Å². The zero-order valence-electron chi connectivity index (χ0n) is 12.8. The van der Waals surface area contributed by atoms with Gasteiger partial charge in [0.15, 0.2) is 0 Å². The average molecular weight is 273 g/mol. The van der Waals surface area contributed by atoms with Crippen molar-refractivity contribution in [2.75, 3.05) is 13.2 Å². The first kappa shape index (κ1) is 15.3. The summed E-state index contributed by atoms with van der Waals surface area (Å²) in [6.07, 6.45) is 7.59. The average Bonchev–Trinajstić information content (AvgIpc) is 2.52. The second-order valence-electron chi connectivity index (χ2n) is 5.35. The highest BCUT2D eigenvalue weighted by Gasteiger charge is 2.26. The highest BCUT2D eigenvalue weighted by atomic mass is 16.5. The number of likely N-dealkylation sites (N-methyl/N-ethyl adjacent to an activating group) is 1. The minimum Gasteiger partial charge on any atom is -0.372 e. The van der Waals surface area contributed by atoms with Gasteiger partial charge in [0.25, 0.3) is 0 Å². The van der Waals surface area contributed by atoms with E-state index in [1.54, 1.807) is 0 Å². The number of benzene rings is 1. The summed E-state index contributed by atoms with van der Waals surface area (Å²) in [5, 5.41) is 3.64. The monoisotopic (exact) mass is 273 g/mol. The molecule has 2 unspecified atom stereocenters. The van der Waals surface area contributed by atoms with Crippen LogP contribution in [-0.4, -0.2) is 19.2 Å². The molecule has 1 aromatic carbocycles. The fourth-order valence-electron chi connectivity index (χ4n) is 3.01. The Morgan fingerprint density at radius 1 is 1.15 bits per heavy atom. The second kappa shape index (κ2) is 8.23. The molecule has 0 saturated carbocycles. The van der Waals surface area contributed by atoms with Crippen molar-refractivity contribution in [2.45, 2.75) is 51.7 Å². The lowest BCUT2D eigenvalue weighted by Gasteiger charge is -2.31. The van der Waals surface area contributed by atoms with Gasteiger partial charge in [-0.3, -0.25) is 0 Å². The molecule has 1 aliphatic carbocycles. The molecule has 0 spiro atoms. The van der Waals surface area contributed by atoms with E-state index in [9.17, 15) is 0 Å². The van der Waals surface area contributed by atoms with E-state index in [2.05, 4.69) is 55.6 Å². The Bertz CT molecular complexity index is 413. The molecular weight excluding hydrogens is 246 g/mol. The Labute approximate surface area is 123 Å². The lowest BCUT2D eigenvalue weighted by atomic mass is 9.88. The maximum absolute atomic E-state index is 6.09. The Kier molecular flexibility index (Phi) is 6.28. The lowest BCUT2D eigenvalue weighted by molar-refractivity contribution is 0.0415. The SMILES string of the molecule is CCNC(C1=CCCCC1)C(OCC)c1ccccc1. The molecule has 0 saturated heterocycles. The van der Waals surface area contributed by atoms with Crippen LogP contribution in [0.2, 0.25) is 0 Å². The van der Waals surface area contributed by atoms with Gasteiger partial charge in [0.1, 0.15) is 6.10 Å². The van der Waals surface area contributed by atoms with Gasteiger partial charge in [-0.1, -0.05) is 48.9 Å². The maximum Gasteiger partial charge on any atom is 0.102 e. The van der Waals surface area contributed by atoms with Crippen LogP contribution in [0.4, 0.5) is 0 Å². The Morgan fingerprint density at radius 3 is 2.55 bits per heavy atom. The maximum atomic E-state index is 6.09. The molecule has 0 aliphatic heterocycles. The van der Waals surface area contributed by atoms with Crippen LogP contribution < -0.4 is 5.32 Å². The minimum absolute atomic E-state index is 0.116. The summed E-state index contributed by atoms with van der Waals surface area (Å²) in [5.74, 6) is 0. The predicted molar refractivity (Wildman–Crippen MR) is 84.8 cm³/mol. The van der Waals surface area contributed by atoms with Gasteiger partial charge in [-0.2, -0.15) is 0 Å². The summed E-state index contributed by atoms with van der Waals surface area (Å²) in [7, 11) is 0. The quantitative estimate of drug-likeness (QED) is 0.750. The van der Waals surface area contributed by atoms with Crippen molar-refractivity contribution in [2.24, 2.45) is 0 Å². The fourth-order valence-corrected chi connectivity index (χ4v) is 3.01. The molecule has 0 bridgehead atoms. The summed E-state index contributed by atoms with van der Waals surface area (Å²) in [5.41, 5.74) is 2.80. The van der Waals surface area contributed by atoms with Crippen molar-refractivity contribution < 1.29 is 4.74 Å². The highest BCUT2D eigenvalue weighted by Crippen LogP contribution is 2.30. The van der Waals surface area contributed by atoms with Gasteiger partial charge < -0.3 is 10.1 Å². The molecule has 2 rings (SSSR count). The van der Waals surface area contributed by atoms with Crippen molar-refractivity contribution in [3.8, 4) is 0 Å². The molecule has 0 radical (unpaired) electrons. The van der Waals surface area contributed by atoms with E-state index in [1.807, 2.05) is 0 Å².